The van der Waals surface area contributed by atoms with Crippen molar-refractivity contribution in [3.63, 3.8) is 0 Å². The zero-order chi connectivity index (χ0) is 16.8. The molecule has 25 heavy (non-hydrogen) atoms. The van der Waals surface area contributed by atoms with Gasteiger partial charge in [0.1, 0.15) is 0 Å². The van der Waals surface area contributed by atoms with E-state index in [1.807, 2.05) is 0 Å². The number of H-pyrrole nitrogens is 2. The Kier molecular flexibility index (Phi) is 6.09. The Hall–Kier alpha value is -3.37. The molecule has 0 aliphatic carbocycles. The quantitative estimate of drug-likeness (QED) is 0.516. The third-order valence-electron chi connectivity index (χ3n) is 3.20. The van der Waals surface area contributed by atoms with Gasteiger partial charge >= 0.3 is 21.9 Å². The molecule has 0 atom stereocenters. The molecule has 2 aromatic heterocycles. The van der Waals surface area contributed by atoms with Crippen LogP contribution >= 0.6 is 0 Å². The first-order valence-electron chi connectivity index (χ1n) is 7.19. The van der Waals surface area contributed by atoms with E-state index in [1.165, 1.54) is 24.7 Å². The Morgan fingerprint density at radius 1 is 0.640 bits per heavy atom. The van der Waals surface area contributed by atoms with Crippen LogP contribution in [-0.4, -0.2) is 10.1 Å². The molecular weight excluding hydrogens is 317 g/mol. The topological polar surface area (TPSA) is 101 Å². The van der Waals surface area contributed by atoms with Crippen LogP contribution < -0.4 is 20.2 Å². The summed E-state index contributed by atoms with van der Waals surface area (Å²) in [5.41, 5.74) is 1.12. The van der Waals surface area contributed by atoms with Crippen molar-refractivity contribution in [3.05, 3.63) is 73.5 Å². The van der Waals surface area contributed by atoms with E-state index in [-0.39, 0.29) is 21.6 Å². The van der Waals surface area contributed by atoms with Gasteiger partial charge in [0.25, 0.3) is 0 Å². The summed E-state index contributed by atoms with van der Waals surface area (Å²) in [6.07, 6.45) is 6.28. The molecule has 0 saturated carbocycles. The van der Waals surface area contributed by atoms with Gasteiger partial charge < -0.3 is 19.0 Å². The van der Waals surface area contributed by atoms with Gasteiger partial charge in [-0.05, 0) is 12.1 Å². The van der Waals surface area contributed by atoms with E-state index >= 15 is 0 Å². The number of para-hydroxylation sites is 2. The molecule has 0 fully saturated rings. The van der Waals surface area contributed by atoms with Gasteiger partial charge in [0.05, 0.1) is 11.1 Å². The first-order valence-corrected chi connectivity index (χ1v) is 7.19. The molecule has 2 aromatic carbocycles. The molecule has 120 valence electrons. The molecular formula is C18H14BeN2O4+2. The van der Waals surface area contributed by atoms with E-state index in [2.05, 4.69) is 9.97 Å². The van der Waals surface area contributed by atoms with Crippen LogP contribution in [0.3, 0.4) is 0 Å². The zero-order valence-electron chi connectivity index (χ0n) is 13.3. The SMILES string of the molecule is [Be+2].[O-]c1ccccc1-c1[nH+]cco1.[O-]c1ccccc1-c1[nH+]cco1. The minimum absolute atomic E-state index is 0. The molecule has 0 aliphatic heterocycles. The molecule has 0 saturated heterocycles. The van der Waals surface area contributed by atoms with Crippen LogP contribution in [0.25, 0.3) is 22.9 Å². The van der Waals surface area contributed by atoms with E-state index in [9.17, 15) is 10.2 Å². The van der Waals surface area contributed by atoms with Crippen molar-refractivity contribution in [3.8, 4) is 34.4 Å². The summed E-state index contributed by atoms with van der Waals surface area (Å²) < 4.78 is 10.1. The second kappa shape index (κ2) is 8.47. The summed E-state index contributed by atoms with van der Waals surface area (Å²) in [7, 11) is 0. The Labute approximate surface area is 147 Å². The summed E-state index contributed by atoms with van der Waals surface area (Å²) in [6, 6.07) is 13.5. The fraction of sp³-hybridized carbons (Fsp3) is 0. The van der Waals surface area contributed by atoms with Crippen molar-refractivity contribution in [1.82, 2.24) is 0 Å². The second-order valence-corrected chi connectivity index (χ2v) is 4.78. The van der Waals surface area contributed by atoms with E-state index in [0.29, 0.717) is 22.9 Å². The number of hydrogen-bond acceptors (Lipinski definition) is 4. The Morgan fingerprint density at radius 2 is 1.04 bits per heavy atom. The molecule has 2 heterocycles. The molecule has 4 rings (SSSR count). The predicted molar refractivity (Wildman–Crippen MR) is 86.0 cm³/mol. The summed E-state index contributed by atoms with van der Waals surface area (Å²) >= 11 is 0. The monoisotopic (exact) mass is 331 g/mol. The predicted octanol–water partition coefficient (Wildman–Crippen LogP) is 1.29. The molecule has 2 N–H and O–H groups in total. The summed E-state index contributed by atoms with van der Waals surface area (Å²) in [5.74, 6) is 0.925. The van der Waals surface area contributed by atoms with Gasteiger partial charge in [-0.3, -0.25) is 0 Å². The number of aromatic nitrogens is 2. The minimum atomic E-state index is -0.0382. The number of hydrogen-bond donors (Lipinski definition) is 0. The number of benzene rings is 2. The first kappa shape index (κ1) is 18.0. The minimum Gasteiger partial charge on any atom is -0.872 e. The third kappa shape index (κ3) is 4.34. The Morgan fingerprint density at radius 3 is 1.36 bits per heavy atom. The molecule has 4 aromatic rings. The van der Waals surface area contributed by atoms with Gasteiger partial charge in [-0.25, -0.2) is 0 Å². The molecule has 0 radical (unpaired) electrons. The molecule has 7 heteroatoms. The normalized spacial score (nSPS) is 9.60. The van der Waals surface area contributed by atoms with Crippen LogP contribution in [0, 0.1) is 0 Å². The standard InChI is InChI=1S/2C9H7NO2.Be/c2*11-8-4-2-1-3-7(8)9-10-5-6-12-9;/h2*1-6,11H;/q;;+2. The maximum absolute atomic E-state index is 11.2. The van der Waals surface area contributed by atoms with Gasteiger partial charge in [0, 0.05) is 0 Å². The van der Waals surface area contributed by atoms with Crippen LogP contribution in [0.4, 0.5) is 0 Å². The molecule has 6 nitrogen and oxygen atoms in total. The number of aromatic amines is 2. The number of oxazole rings is 2. The van der Waals surface area contributed by atoms with Gasteiger partial charge in [0.15, 0.2) is 12.5 Å². The van der Waals surface area contributed by atoms with Crippen molar-refractivity contribution < 1.29 is 29.0 Å². The van der Waals surface area contributed by atoms with Crippen LogP contribution in [0.5, 0.6) is 11.5 Å². The summed E-state index contributed by atoms with van der Waals surface area (Å²) in [6.45, 7) is 0. The average molecular weight is 331 g/mol. The van der Waals surface area contributed by atoms with Gasteiger partial charge in [-0.15, -0.1) is 0 Å². The average Bonchev–Trinajstić information content (AvgIpc) is 3.30. The molecule has 0 spiro atoms. The molecule has 0 bridgehead atoms. The Bertz CT molecular complexity index is 817. The van der Waals surface area contributed by atoms with Gasteiger partial charge in [-0.2, -0.15) is 9.97 Å². The Balaban J connectivity index is 0.000000173. The summed E-state index contributed by atoms with van der Waals surface area (Å²) in [5, 5.41) is 22.5. The fourth-order valence-corrected chi connectivity index (χ4v) is 2.08. The first-order chi connectivity index (χ1) is 11.8. The van der Waals surface area contributed by atoms with Crippen molar-refractivity contribution in [2.24, 2.45) is 0 Å². The van der Waals surface area contributed by atoms with E-state index in [0.717, 1.165) is 0 Å². The number of nitrogens with one attached hydrogen (secondary N) is 2. The molecule has 0 amide bonds. The molecule has 0 aliphatic rings. The summed E-state index contributed by atoms with van der Waals surface area (Å²) in [4.78, 5) is 5.66. The second-order valence-electron chi connectivity index (χ2n) is 4.78. The van der Waals surface area contributed by atoms with Gasteiger partial charge in [-0.1, -0.05) is 47.9 Å². The maximum Gasteiger partial charge on any atom is 2.00 e. The van der Waals surface area contributed by atoms with Gasteiger partial charge in [0.2, 0.25) is 12.4 Å². The molecule has 0 unspecified atom stereocenters. The smallest absolute Gasteiger partial charge is 0.872 e. The van der Waals surface area contributed by atoms with Crippen LogP contribution in [0.15, 0.2) is 82.3 Å². The third-order valence-corrected chi connectivity index (χ3v) is 3.20. The van der Waals surface area contributed by atoms with E-state index < -0.39 is 0 Å². The van der Waals surface area contributed by atoms with Crippen molar-refractivity contribution in [2.45, 2.75) is 0 Å². The van der Waals surface area contributed by atoms with E-state index in [1.54, 1.807) is 48.8 Å². The fourth-order valence-electron chi connectivity index (χ4n) is 2.08. The maximum atomic E-state index is 11.2. The number of rotatable bonds is 2. The zero-order valence-corrected chi connectivity index (χ0v) is 13.3. The van der Waals surface area contributed by atoms with Crippen molar-refractivity contribution >= 4 is 10.1 Å². The van der Waals surface area contributed by atoms with Crippen molar-refractivity contribution in [2.75, 3.05) is 0 Å². The van der Waals surface area contributed by atoms with Crippen molar-refractivity contribution in [1.29, 1.82) is 0 Å². The van der Waals surface area contributed by atoms with E-state index in [4.69, 9.17) is 8.83 Å². The van der Waals surface area contributed by atoms with Crippen LogP contribution in [-0.2, 0) is 0 Å². The largest absolute Gasteiger partial charge is 2.00 e. The van der Waals surface area contributed by atoms with Crippen LogP contribution in [0.2, 0.25) is 0 Å². The van der Waals surface area contributed by atoms with Crippen LogP contribution in [0.1, 0.15) is 0 Å².